The minimum Gasteiger partial charge on any atom is -0.350 e. The van der Waals surface area contributed by atoms with Crippen LogP contribution in [0.15, 0.2) is 78.9 Å². The third-order valence-corrected chi connectivity index (χ3v) is 4.84. The van der Waals surface area contributed by atoms with Crippen molar-refractivity contribution in [3.05, 3.63) is 95.7 Å². The average Bonchev–Trinajstić information content (AvgIpc) is 2.83. The van der Waals surface area contributed by atoms with Crippen LogP contribution in [0.5, 0.6) is 0 Å². The second-order valence-corrected chi connectivity index (χ2v) is 7.33. The molecule has 0 unspecified atom stereocenters. The van der Waals surface area contributed by atoms with Crippen LogP contribution in [-0.2, 0) is 12.7 Å². The lowest BCUT2D eigenvalue weighted by atomic mass is 10.1. The van der Waals surface area contributed by atoms with E-state index in [1.165, 1.54) is 12.1 Å². The number of rotatable bonds is 7. The summed E-state index contributed by atoms with van der Waals surface area (Å²) in [7, 11) is 0. The Labute approximate surface area is 189 Å². The van der Waals surface area contributed by atoms with Gasteiger partial charge in [0.25, 0.3) is 0 Å². The number of pyridine rings is 1. The van der Waals surface area contributed by atoms with Gasteiger partial charge in [-0.05, 0) is 30.2 Å². The number of halogens is 3. The molecule has 0 radical (unpaired) electrons. The van der Waals surface area contributed by atoms with Crippen LogP contribution in [0, 0.1) is 0 Å². The van der Waals surface area contributed by atoms with Crippen molar-refractivity contribution < 1.29 is 13.2 Å². The number of aromatic nitrogens is 4. The monoisotopic (exact) mass is 450 g/mol. The molecular formula is C24H21F3N6. The van der Waals surface area contributed by atoms with Crippen molar-refractivity contribution in [2.45, 2.75) is 25.7 Å². The van der Waals surface area contributed by atoms with Gasteiger partial charge in [0.1, 0.15) is 11.4 Å². The minimum atomic E-state index is -4.57. The first kappa shape index (κ1) is 22.2. The Kier molecular flexibility index (Phi) is 6.48. The predicted molar refractivity (Wildman–Crippen MR) is 120 cm³/mol. The molecule has 0 aliphatic heterocycles. The highest BCUT2D eigenvalue weighted by Crippen LogP contribution is 2.29. The van der Waals surface area contributed by atoms with E-state index in [9.17, 15) is 13.2 Å². The van der Waals surface area contributed by atoms with Crippen LogP contribution in [0.25, 0.3) is 11.5 Å². The molecule has 0 spiro atoms. The van der Waals surface area contributed by atoms with Gasteiger partial charge >= 0.3 is 6.18 Å². The van der Waals surface area contributed by atoms with Crippen molar-refractivity contribution in [1.29, 1.82) is 0 Å². The molecule has 0 saturated carbocycles. The molecule has 0 bridgehead atoms. The van der Waals surface area contributed by atoms with Gasteiger partial charge in [0.2, 0.25) is 11.9 Å². The fourth-order valence-corrected chi connectivity index (χ4v) is 3.15. The summed E-state index contributed by atoms with van der Waals surface area (Å²) in [6, 6.07) is 22.8. The van der Waals surface area contributed by atoms with Gasteiger partial charge in [-0.25, -0.2) is 4.98 Å². The highest BCUT2D eigenvalue weighted by atomic mass is 19.4. The lowest BCUT2D eigenvalue weighted by Crippen LogP contribution is -2.14. The van der Waals surface area contributed by atoms with Crippen molar-refractivity contribution in [3.8, 4) is 11.5 Å². The molecule has 9 heteroatoms. The third-order valence-electron chi connectivity index (χ3n) is 4.84. The van der Waals surface area contributed by atoms with E-state index in [0.29, 0.717) is 6.54 Å². The van der Waals surface area contributed by atoms with Crippen LogP contribution in [0.3, 0.4) is 0 Å². The molecule has 4 aromatic rings. The summed E-state index contributed by atoms with van der Waals surface area (Å²) in [6.07, 6.45) is -4.57. The largest absolute Gasteiger partial charge is 0.433 e. The quantitative estimate of drug-likeness (QED) is 0.374. The Morgan fingerprint density at radius 3 is 2.12 bits per heavy atom. The molecule has 2 aromatic heterocycles. The lowest BCUT2D eigenvalue weighted by Gasteiger charge is -2.16. The maximum Gasteiger partial charge on any atom is 0.433 e. The topological polar surface area (TPSA) is 75.6 Å². The molecule has 1 atom stereocenters. The second-order valence-electron chi connectivity index (χ2n) is 7.33. The maximum atomic E-state index is 13.2. The van der Waals surface area contributed by atoms with Crippen molar-refractivity contribution in [1.82, 2.24) is 19.9 Å². The Morgan fingerprint density at radius 1 is 0.758 bits per heavy atom. The molecule has 2 aromatic carbocycles. The predicted octanol–water partition coefficient (Wildman–Crippen LogP) is 5.74. The van der Waals surface area contributed by atoms with E-state index in [4.69, 9.17) is 0 Å². The normalized spacial score (nSPS) is 12.2. The molecule has 168 valence electrons. The Bertz CT molecular complexity index is 1200. The Balaban J connectivity index is 1.67. The van der Waals surface area contributed by atoms with Crippen LogP contribution >= 0.6 is 0 Å². The van der Waals surface area contributed by atoms with Crippen LogP contribution in [0.4, 0.5) is 25.1 Å². The van der Waals surface area contributed by atoms with E-state index >= 15 is 0 Å². The lowest BCUT2D eigenvalue weighted by molar-refractivity contribution is -0.141. The van der Waals surface area contributed by atoms with Gasteiger partial charge in [-0.1, -0.05) is 66.7 Å². The number of alkyl halides is 3. The summed E-state index contributed by atoms with van der Waals surface area (Å²) >= 11 is 0. The van der Waals surface area contributed by atoms with Crippen molar-refractivity contribution in [2.24, 2.45) is 0 Å². The zero-order valence-electron chi connectivity index (χ0n) is 17.7. The van der Waals surface area contributed by atoms with E-state index in [-0.39, 0.29) is 29.5 Å². The Hall–Kier alpha value is -4.01. The molecule has 33 heavy (non-hydrogen) atoms. The number of anilines is 2. The number of nitrogens with zero attached hydrogens (tertiary/aromatic N) is 4. The van der Waals surface area contributed by atoms with Crippen molar-refractivity contribution in [2.75, 3.05) is 10.6 Å². The van der Waals surface area contributed by atoms with Crippen LogP contribution < -0.4 is 10.6 Å². The first-order valence-electron chi connectivity index (χ1n) is 10.3. The fourth-order valence-electron chi connectivity index (χ4n) is 3.15. The van der Waals surface area contributed by atoms with E-state index in [2.05, 4.69) is 30.6 Å². The standard InChI is InChI=1S/C24H21F3N6/c1-16(18-11-6-3-7-12-18)29-23-32-21(19-13-8-14-20(30-19)24(25,26)27)31-22(33-23)28-15-17-9-4-2-5-10-17/h2-14,16H,15H2,1H3,(H2,28,29,31,32,33)/t16-/m1/s1. The summed E-state index contributed by atoms with van der Waals surface area (Å²) in [6.45, 7) is 2.38. The van der Waals surface area contributed by atoms with E-state index in [1.54, 1.807) is 0 Å². The molecule has 0 saturated heterocycles. The fraction of sp³-hybridized carbons (Fsp3) is 0.167. The molecule has 0 fully saturated rings. The molecule has 0 aliphatic carbocycles. The smallest absolute Gasteiger partial charge is 0.350 e. The van der Waals surface area contributed by atoms with Gasteiger partial charge in [-0.15, -0.1) is 0 Å². The van der Waals surface area contributed by atoms with Gasteiger partial charge in [-0.2, -0.15) is 28.1 Å². The minimum absolute atomic E-state index is 0.00500. The van der Waals surface area contributed by atoms with Gasteiger partial charge in [-0.3, -0.25) is 0 Å². The van der Waals surface area contributed by atoms with E-state index < -0.39 is 11.9 Å². The van der Waals surface area contributed by atoms with Crippen LogP contribution in [0.2, 0.25) is 0 Å². The van der Waals surface area contributed by atoms with E-state index in [1.807, 2.05) is 67.6 Å². The maximum absolute atomic E-state index is 13.2. The second kappa shape index (κ2) is 9.64. The molecule has 2 N–H and O–H groups in total. The number of benzene rings is 2. The highest BCUT2D eigenvalue weighted by molar-refractivity contribution is 5.54. The van der Waals surface area contributed by atoms with Gasteiger partial charge in [0.05, 0.1) is 6.04 Å². The first-order chi connectivity index (χ1) is 15.9. The molecule has 4 rings (SSSR count). The zero-order valence-corrected chi connectivity index (χ0v) is 17.7. The van der Waals surface area contributed by atoms with Gasteiger partial charge in [0.15, 0.2) is 5.82 Å². The molecule has 0 amide bonds. The summed E-state index contributed by atoms with van der Waals surface area (Å²) in [4.78, 5) is 16.8. The summed E-state index contributed by atoms with van der Waals surface area (Å²) in [5.74, 6) is 0.492. The summed E-state index contributed by atoms with van der Waals surface area (Å²) in [5, 5.41) is 6.32. The van der Waals surface area contributed by atoms with Gasteiger partial charge < -0.3 is 10.6 Å². The number of hydrogen-bond donors (Lipinski definition) is 2. The highest BCUT2D eigenvalue weighted by Gasteiger charge is 2.32. The number of hydrogen-bond acceptors (Lipinski definition) is 6. The summed E-state index contributed by atoms with van der Waals surface area (Å²) < 4.78 is 39.5. The van der Waals surface area contributed by atoms with E-state index in [0.717, 1.165) is 17.2 Å². The molecular weight excluding hydrogens is 429 g/mol. The SMILES string of the molecule is C[C@@H](Nc1nc(NCc2ccccc2)nc(-c2cccc(C(F)(F)F)n2)n1)c1ccccc1. The first-order valence-corrected chi connectivity index (χ1v) is 10.3. The average molecular weight is 450 g/mol. The third kappa shape index (κ3) is 5.82. The molecule has 2 heterocycles. The van der Waals surface area contributed by atoms with Crippen LogP contribution in [0.1, 0.15) is 29.8 Å². The van der Waals surface area contributed by atoms with Gasteiger partial charge in [0, 0.05) is 6.54 Å². The molecule has 0 aliphatic rings. The number of nitrogens with one attached hydrogen (secondary N) is 2. The molecule has 6 nitrogen and oxygen atoms in total. The van der Waals surface area contributed by atoms with Crippen LogP contribution in [-0.4, -0.2) is 19.9 Å². The Morgan fingerprint density at radius 2 is 1.42 bits per heavy atom. The van der Waals surface area contributed by atoms with Crippen molar-refractivity contribution >= 4 is 11.9 Å². The zero-order chi connectivity index (χ0) is 23.3. The summed E-state index contributed by atoms with van der Waals surface area (Å²) in [5.41, 5.74) is 1.01. The van der Waals surface area contributed by atoms with Crippen molar-refractivity contribution in [3.63, 3.8) is 0 Å².